The number of urea groups is 1. The maximum atomic E-state index is 12.1. The van der Waals surface area contributed by atoms with Crippen molar-refractivity contribution in [1.82, 2.24) is 10.6 Å². The molecule has 2 unspecified atom stereocenters. The average Bonchev–Trinajstić information content (AvgIpc) is 3.16. The Hall–Kier alpha value is -2.47. The van der Waals surface area contributed by atoms with Gasteiger partial charge in [-0.1, -0.05) is 17.7 Å². The summed E-state index contributed by atoms with van der Waals surface area (Å²) in [6.45, 7) is 4.03. The number of nitrogens with one attached hydrogen (secondary N) is 2. The summed E-state index contributed by atoms with van der Waals surface area (Å²) in [5.41, 5.74) is 0.821. The van der Waals surface area contributed by atoms with Crippen molar-refractivity contribution < 1.29 is 19.1 Å². The zero-order chi connectivity index (χ0) is 16.4. The van der Waals surface area contributed by atoms with Crippen LogP contribution >= 0.6 is 0 Å². The van der Waals surface area contributed by atoms with Gasteiger partial charge in [0.15, 0.2) is 0 Å². The number of benzene rings is 1. The summed E-state index contributed by atoms with van der Waals surface area (Å²) < 4.78 is 10.7. The molecule has 0 saturated heterocycles. The third kappa shape index (κ3) is 3.32. The van der Waals surface area contributed by atoms with Gasteiger partial charge in [-0.05, 0) is 32.0 Å². The third-order valence-electron chi connectivity index (χ3n) is 3.90. The van der Waals surface area contributed by atoms with Crippen LogP contribution in [0.4, 0.5) is 4.79 Å². The van der Waals surface area contributed by atoms with Crippen LogP contribution < -0.4 is 15.4 Å². The maximum absolute atomic E-state index is 12.1. The van der Waals surface area contributed by atoms with Crippen LogP contribution in [0.15, 0.2) is 41.0 Å². The first-order valence-corrected chi connectivity index (χ1v) is 7.50. The smallest absolute Gasteiger partial charge is 0.315 e. The molecule has 2 atom stereocenters. The van der Waals surface area contributed by atoms with Crippen LogP contribution in [0.25, 0.3) is 0 Å². The predicted molar refractivity (Wildman–Crippen MR) is 84.2 cm³/mol. The molecule has 6 nitrogen and oxygen atoms in total. The van der Waals surface area contributed by atoms with Gasteiger partial charge >= 0.3 is 6.03 Å². The molecule has 3 rings (SSSR count). The molecule has 6 heteroatoms. The lowest BCUT2D eigenvalue weighted by atomic mass is 10.0. The predicted octanol–water partition coefficient (Wildman–Crippen LogP) is 2.23. The molecule has 2 amide bonds. The summed E-state index contributed by atoms with van der Waals surface area (Å²) in [6, 6.07) is 8.70. The number of aliphatic hydroxyl groups is 1. The number of hydrogen-bond donors (Lipinski definition) is 3. The molecule has 0 bridgehead atoms. The van der Waals surface area contributed by atoms with Crippen molar-refractivity contribution in [3.8, 4) is 5.75 Å². The van der Waals surface area contributed by atoms with E-state index >= 15 is 0 Å². The molecule has 1 aromatic heterocycles. The number of carbonyl (C=O) groups is 1. The van der Waals surface area contributed by atoms with Gasteiger partial charge in [0.2, 0.25) is 0 Å². The van der Waals surface area contributed by atoms with Crippen molar-refractivity contribution in [3.05, 3.63) is 53.5 Å². The van der Waals surface area contributed by atoms with E-state index in [1.54, 1.807) is 19.1 Å². The molecule has 1 aliphatic heterocycles. The number of ether oxygens (including phenoxy) is 1. The average molecular weight is 316 g/mol. The Bertz CT molecular complexity index is 695. The van der Waals surface area contributed by atoms with Crippen LogP contribution in [0.3, 0.4) is 0 Å². The van der Waals surface area contributed by atoms with Crippen molar-refractivity contribution in [3.63, 3.8) is 0 Å². The van der Waals surface area contributed by atoms with Gasteiger partial charge in [-0.15, -0.1) is 0 Å². The number of hydrogen-bond acceptors (Lipinski definition) is 4. The maximum Gasteiger partial charge on any atom is 0.315 e. The van der Waals surface area contributed by atoms with E-state index in [0.29, 0.717) is 12.4 Å². The molecule has 122 valence electrons. The summed E-state index contributed by atoms with van der Waals surface area (Å²) in [7, 11) is 0. The molecule has 0 spiro atoms. The number of rotatable bonds is 4. The van der Waals surface area contributed by atoms with Crippen molar-refractivity contribution in [2.75, 3.05) is 13.2 Å². The van der Waals surface area contributed by atoms with E-state index in [0.717, 1.165) is 16.9 Å². The lowest BCUT2D eigenvalue weighted by Gasteiger charge is -2.22. The quantitative estimate of drug-likeness (QED) is 0.807. The van der Waals surface area contributed by atoms with Crippen LogP contribution in [-0.4, -0.2) is 24.3 Å². The summed E-state index contributed by atoms with van der Waals surface area (Å²) in [4.78, 5) is 12.1. The van der Waals surface area contributed by atoms with Crippen molar-refractivity contribution >= 4 is 6.03 Å². The Labute approximate surface area is 134 Å². The SMILES string of the molecule is Cc1ccc2c(c1)C(NC(=O)NCC(C)(O)c1ccco1)CO2. The van der Waals surface area contributed by atoms with Gasteiger partial charge in [0.25, 0.3) is 0 Å². The van der Waals surface area contributed by atoms with Crippen LogP contribution in [-0.2, 0) is 5.60 Å². The number of furan rings is 1. The van der Waals surface area contributed by atoms with Crippen molar-refractivity contribution in [1.29, 1.82) is 0 Å². The zero-order valence-corrected chi connectivity index (χ0v) is 13.1. The van der Waals surface area contributed by atoms with Gasteiger partial charge in [-0.25, -0.2) is 4.79 Å². The second-order valence-electron chi connectivity index (χ2n) is 5.98. The van der Waals surface area contributed by atoms with Gasteiger partial charge in [0.05, 0.1) is 18.8 Å². The van der Waals surface area contributed by atoms with Crippen LogP contribution in [0.1, 0.15) is 29.9 Å². The highest BCUT2D eigenvalue weighted by atomic mass is 16.5. The van der Waals surface area contributed by atoms with Gasteiger partial charge in [-0.3, -0.25) is 0 Å². The Balaban J connectivity index is 1.58. The Morgan fingerprint density at radius 2 is 2.26 bits per heavy atom. The number of carbonyl (C=O) groups excluding carboxylic acids is 1. The van der Waals surface area contributed by atoms with E-state index in [1.165, 1.54) is 6.26 Å². The van der Waals surface area contributed by atoms with Crippen LogP contribution in [0, 0.1) is 6.92 Å². The molecule has 3 N–H and O–H groups in total. The van der Waals surface area contributed by atoms with Crippen molar-refractivity contribution in [2.45, 2.75) is 25.5 Å². The highest BCUT2D eigenvalue weighted by Gasteiger charge is 2.29. The molecule has 0 saturated carbocycles. The van der Waals surface area contributed by atoms with Crippen molar-refractivity contribution in [2.24, 2.45) is 0 Å². The summed E-state index contributed by atoms with van der Waals surface area (Å²) >= 11 is 0. The van der Waals surface area contributed by atoms with E-state index in [4.69, 9.17) is 9.15 Å². The lowest BCUT2D eigenvalue weighted by Crippen LogP contribution is -2.44. The first-order valence-electron chi connectivity index (χ1n) is 7.50. The highest BCUT2D eigenvalue weighted by molar-refractivity contribution is 5.75. The molecule has 1 aromatic carbocycles. The molecule has 0 radical (unpaired) electrons. The zero-order valence-electron chi connectivity index (χ0n) is 13.1. The summed E-state index contributed by atoms with van der Waals surface area (Å²) in [6.07, 6.45) is 1.49. The lowest BCUT2D eigenvalue weighted by molar-refractivity contribution is 0.0366. The van der Waals surface area contributed by atoms with E-state index in [1.807, 2.05) is 25.1 Å². The van der Waals surface area contributed by atoms with E-state index in [2.05, 4.69) is 10.6 Å². The Kier molecular flexibility index (Phi) is 4.00. The Morgan fingerprint density at radius 3 is 3.00 bits per heavy atom. The first-order chi connectivity index (χ1) is 11.0. The normalized spacial score (nSPS) is 18.7. The topological polar surface area (TPSA) is 83.7 Å². The molecule has 2 heterocycles. The van der Waals surface area contributed by atoms with E-state index in [9.17, 15) is 9.90 Å². The second kappa shape index (κ2) is 5.96. The molecule has 0 fully saturated rings. The van der Waals surface area contributed by atoms with Gasteiger partial charge in [-0.2, -0.15) is 0 Å². The molecule has 0 aliphatic carbocycles. The fraction of sp³-hybridized carbons (Fsp3) is 0.353. The second-order valence-corrected chi connectivity index (χ2v) is 5.98. The minimum absolute atomic E-state index is 0.0423. The van der Waals surface area contributed by atoms with Crippen LogP contribution in [0.5, 0.6) is 5.75 Å². The fourth-order valence-electron chi connectivity index (χ4n) is 2.59. The monoisotopic (exact) mass is 316 g/mol. The molecule has 1 aliphatic rings. The molecular weight excluding hydrogens is 296 g/mol. The molecule has 23 heavy (non-hydrogen) atoms. The first kappa shape index (κ1) is 15.4. The Morgan fingerprint density at radius 1 is 1.43 bits per heavy atom. The molecular formula is C17H20N2O4. The minimum atomic E-state index is -1.26. The molecule has 2 aromatic rings. The van der Waals surface area contributed by atoms with E-state index in [-0.39, 0.29) is 18.6 Å². The standard InChI is InChI=1S/C17H20N2O4/c1-11-5-6-14-12(8-11)13(9-23-14)19-16(20)18-10-17(2,21)15-4-3-7-22-15/h3-8,13,21H,9-10H2,1-2H3,(H2,18,19,20). The van der Waals surface area contributed by atoms with Gasteiger partial charge in [0.1, 0.15) is 23.7 Å². The van der Waals surface area contributed by atoms with Gasteiger partial charge in [0, 0.05) is 5.56 Å². The number of aryl methyl sites for hydroxylation is 1. The largest absolute Gasteiger partial charge is 0.491 e. The summed E-state index contributed by atoms with van der Waals surface area (Å²) in [5.74, 6) is 1.20. The highest BCUT2D eigenvalue weighted by Crippen LogP contribution is 2.32. The van der Waals surface area contributed by atoms with Gasteiger partial charge < -0.3 is 24.9 Å². The van der Waals surface area contributed by atoms with E-state index < -0.39 is 5.60 Å². The van der Waals surface area contributed by atoms with Crippen LogP contribution in [0.2, 0.25) is 0 Å². The minimum Gasteiger partial charge on any atom is -0.491 e. The third-order valence-corrected chi connectivity index (χ3v) is 3.90. The number of amides is 2. The fourth-order valence-corrected chi connectivity index (χ4v) is 2.59. The number of fused-ring (bicyclic) bond motifs is 1. The summed E-state index contributed by atoms with van der Waals surface area (Å²) in [5, 5.41) is 15.8.